The number of anilines is 3. The van der Waals surface area contributed by atoms with Crippen LogP contribution in [0.15, 0.2) is 54.6 Å². The standard InChI is InChI=1S/C17H12ClF3N4/c18-10-5-7-11(8-6-10)23-15-9-14(24-16(22)25-15)12-3-1-2-4-13(12)17(19,20)21/h1-9H,(H3,22,23,24,25). The largest absolute Gasteiger partial charge is 0.417 e. The minimum Gasteiger partial charge on any atom is -0.368 e. The van der Waals surface area contributed by atoms with Gasteiger partial charge in [-0.05, 0) is 30.3 Å². The van der Waals surface area contributed by atoms with Gasteiger partial charge in [0, 0.05) is 22.3 Å². The lowest BCUT2D eigenvalue weighted by molar-refractivity contribution is -0.137. The number of hydrogen-bond acceptors (Lipinski definition) is 4. The van der Waals surface area contributed by atoms with E-state index in [1.807, 2.05) is 0 Å². The van der Waals surface area contributed by atoms with E-state index in [1.54, 1.807) is 24.3 Å². The van der Waals surface area contributed by atoms with Crippen LogP contribution in [0, 0.1) is 0 Å². The molecule has 0 unspecified atom stereocenters. The van der Waals surface area contributed by atoms with Crippen molar-refractivity contribution in [3.63, 3.8) is 0 Å². The van der Waals surface area contributed by atoms with Gasteiger partial charge in [-0.15, -0.1) is 0 Å². The highest BCUT2D eigenvalue weighted by molar-refractivity contribution is 6.30. The molecule has 25 heavy (non-hydrogen) atoms. The maximum atomic E-state index is 13.2. The molecule has 0 atom stereocenters. The van der Waals surface area contributed by atoms with E-state index in [0.717, 1.165) is 6.07 Å². The van der Waals surface area contributed by atoms with Crippen molar-refractivity contribution in [1.29, 1.82) is 0 Å². The Morgan fingerprint density at radius 3 is 2.32 bits per heavy atom. The molecule has 4 nitrogen and oxygen atoms in total. The van der Waals surface area contributed by atoms with E-state index in [1.165, 1.54) is 24.3 Å². The maximum Gasteiger partial charge on any atom is 0.417 e. The summed E-state index contributed by atoms with van der Waals surface area (Å²) in [5, 5.41) is 3.53. The van der Waals surface area contributed by atoms with Crippen LogP contribution in [-0.4, -0.2) is 9.97 Å². The van der Waals surface area contributed by atoms with E-state index < -0.39 is 11.7 Å². The molecule has 0 fully saturated rings. The highest BCUT2D eigenvalue weighted by atomic mass is 35.5. The van der Waals surface area contributed by atoms with E-state index >= 15 is 0 Å². The minimum absolute atomic E-state index is 0.0664. The number of benzene rings is 2. The first-order valence-electron chi connectivity index (χ1n) is 7.17. The van der Waals surface area contributed by atoms with Crippen LogP contribution in [0.5, 0.6) is 0 Å². The van der Waals surface area contributed by atoms with Gasteiger partial charge >= 0.3 is 6.18 Å². The lowest BCUT2D eigenvalue weighted by Crippen LogP contribution is -2.08. The van der Waals surface area contributed by atoms with E-state index in [-0.39, 0.29) is 23.0 Å². The summed E-state index contributed by atoms with van der Waals surface area (Å²) in [6.07, 6.45) is -4.50. The fourth-order valence-corrected chi connectivity index (χ4v) is 2.43. The third kappa shape index (κ3) is 4.00. The lowest BCUT2D eigenvalue weighted by atomic mass is 10.0. The molecule has 2 aromatic carbocycles. The molecule has 0 bridgehead atoms. The van der Waals surface area contributed by atoms with Gasteiger partial charge in [0.15, 0.2) is 0 Å². The molecule has 1 heterocycles. The molecule has 0 aliphatic carbocycles. The van der Waals surface area contributed by atoms with Crippen molar-refractivity contribution >= 4 is 29.1 Å². The molecular weight excluding hydrogens is 353 g/mol. The Hall–Kier alpha value is -2.80. The van der Waals surface area contributed by atoms with Crippen molar-refractivity contribution in [2.75, 3.05) is 11.1 Å². The second-order valence-corrected chi connectivity index (χ2v) is 5.61. The van der Waals surface area contributed by atoms with Gasteiger partial charge in [0.1, 0.15) is 5.82 Å². The molecule has 0 aliphatic rings. The number of nitrogens with zero attached hydrogens (tertiary/aromatic N) is 2. The van der Waals surface area contributed by atoms with E-state index in [9.17, 15) is 13.2 Å². The van der Waals surface area contributed by atoms with E-state index in [4.69, 9.17) is 17.3 Å². The van der Waals surface area contributed by atoms with Gasteiger partial charge in [-0.25, -0.2) is 4.98 Å². The summed E-state index contributed by atoms with van der Waals surface area (Å²) < 4.78 is 39.7. The Morgan fingerprint density at radius 1 is 0.960 bits per heavy atom. The van der Waals surface area contributed by atoms with Gasteiger partial charge in [0.2, 0.25) is 5.95 Å². The predicted molar refractivity (Wildman–Crippen MR) is 91.6 cm³/mol. The SMILES string of the molecule is Nc1nc(Nc2ccc(Cl)cc2)cc(-c2ccccc2C(F)(F)F)n1. The number of nitrogens with two attached hydrogens (primary N) is 1. The Morgan fingerprint density at radius 2 is 1.64 bits per heavy atom. The zero-order chi connectivity index (χ0) is 18.0. The van der Waals surface area contributed by atoms with Crippen molar-refractivity contribution in [2.45, 2.75) is 6.18 Å². The van der Waals surface area contributed by atoms with Crippen molar-refractivity contribution < 1.29 is 13.2 Å². The Balaban J connectivity index is 2.02. The smallest absolute Gasteiger partial charge is 0.368 e. The van der Waals surface area contributed by atoms with Crippen LogP contribution in [0.25, 0.3) is 11.3 Å². The predicted octanol–water partition coefficient (Wildman–Crippen LogP) is 5.14. The third-order valence-electron chi connectivity index (χ3n) is 3.37. The minimum atomic E-state index is -4.50. The van der Waals surface area contributed by atoms with Gasteiger partial charge in [-0.2, -0.15) is 18.2 Å². The highest BCUT2D eigenvalue weighted by Crippen LogP contribution is 2.37. The van der Waals surface area contributed by atoms with Gasteiger partial charge in [-0.1, -0.05) is 29.8 Å². The lowest BCUT2D eigenvalue weighted by Gasteiger charge is -2.13. The number of nitrogen functional groups attached to an aromatic ring is 1. The Bertz CT molecular complexity index is 895. The normalized spacial score (nSPS) is 11.4. The molecule has 128 valence electrons. The Labute approximate surface area is 146 Å². The van der Waals surface area contributed by atoms with Crippen LogP contribution < -0.4 is 11.1 Å². The molecule has 8 heteroatoms. The first-order valence-corrected chi connectivity index (χ1v) is 7.54. The van der Waals surface area contributed by atoms with Crippen LogP contribution in [0.2, 0.25) is 5.02 Å². The molecule has 3 rings (SSSR count). The van der Waals surface area contributed by atoms with E-state index in [2.05, 4.69) is 15.3 Å². The highest BCUT2D eigenvalue weighted by Gasteiger charge is 2.33. The number of hydrogen-bond donors (Lipinski definition) is 2. The number of rotatable bonds is 3. The molecule has 0 radical (unpaired) electrons. The fourth-order valence-electron chi connectivity index (χ4n) is 2.30. The fraction of sp³-hybridized carbons (Fsp3) is 0.0588. The molecular formula is C17H12ClF3N4. The van der Waals surface area contributed by atoms with Gasteiger partial charge in [0.05, 0.1) is 11.3 Å². The second kappa shape index (κ2) is 6.60. The van der Waals surface area contributed by atoms with Crippen LogP contribution in [0.4, 0.5) is 30.6 Å². The van der Waals surface area contributed by atoms with Crippen molar-refractivity contribution in [3.05, 3.63) is 65.2 Å². The first-order chi connectivity index (χ1) is 11.8. The molecule has 1 aromatic heterocycles. The summed E-state index contributed by atoms with van der Waals surface area (Å²) in [5.74, 6) is 0.146. The number of nitrogens with one attached hydrogen (secondary N) is 1. The van der Waals surface area contributed by atoms with Crippen LogP contribution in [-0.2, 0) is 6.18 Å². The molecule has 0 spiro atoms. The Kier molecular flexibility index (Phi) is 4.50. The van der Waals surface area contributed by atoms with Crippen LogP contribution in [0.3, 0.4) is 0 Å². The van der Waals surface area contributed by atoms with Gasteiger partial charge < -0.3 is 11.1 Å². The number of alkyl halides is 3. The summed E-state index contributed by atoms with van der Waals surface area (Å²) in [7, 11) is 0. The average Bonchev–Trinajstić information content (AvgIpc) is 2.56. The monoisotopic (exact) mass is 364 g/mol. The van der Waals surface area contributed by atoms with Crippen molar-refractivity contribution in [2.24, 2.45) is 0 Å². The van der Waals surface area contributed by atoms with Crippen molar-refractivity contribution in [3.8, 4) is 11.3 Å². The summed E-state index contributed by atoms with van der Waals surface area (Å²) in [4.78, 5) is 7.95. The molecule has 3 N–H and O–H groups in total. The van der Waals surface area contributed by atoms with E-state index in [0.29, 0.717) is 10.7 Å². The zero-order valence-corrected chi connectivity index (χ0v) is 13.4. The second-order valence-electron chi connectivity index (χ2n) is 5.17. The summed E-state index contributed by atoms with van der Waals surface area (Å²) in [6.45, 7) is 0. The zero-order valence-electron chi connectivity index (χ0n) is 12.7. The van der Waals surface area contributed by atoms with Crippen LogP contribution >= 0.6 is 11.6 Å². The quantitative estimate of drug-likeness (QED) is 0.675. The van der Waals surface area contributed by atoms with Crippen LogP contribution in [0.1, 0.15) is 5.56 Å². The number of halogens is 4. The average molecular weight is 365 g/mol. The summed E-state index contributed by atoms with van der Waals surface area (Å²) in [5.41, 5.74) is 5.56. The summed E-state index contributed by atoms with van der Waals surface area (Å²) in [6, 6.07) is 13.4. The number of aromatic nitrogens is 2. The van der Waals surface area contributed by atoms with Crippen molar-refractivity contribution in [1.82, 2.24) is 9.97 Å². The summed E-state index contributed by atoms with van der Waals surface area (Å²) >= 11 is 5.83. The third-order valence-corrected chi connectivity index (χ3v) is 3.62. The molecule has 0 saturated carbocycles. The molecule has 0 aliphatic heterocycles. The molecule has 0 amide bonds. The maximum absolute atomic E-state index is 13.2. The first kappa shape index (κ1) is 17.0. The van der Waals surface area contributed by atoms with Gasteiger partial charge in [-0.3, -0.25) is 0 Å². The molecule has 0 saturated heterocycles. The molecule has 3 aromatic rings. The van der Waals surface area contributed by atoms with Gasteiger partial charge in [0.25, 0.3) is 0 Å². The topological polar surface area (TPSA) is 63.8 Å².